The third-order valence-electron chi connectivity index (χ3n) is 3.19. The van der Waals surface area contributed by atoms with Crippen LogP contribution in [-0.2, 0) is 11.2 Å². The average molecular weight is 269 g/mol. The SMILES string of the molecule is CC(N)Cc1c(F)cccc1SC1CCOC1C. The van der Waals surface area contributed by atoms with Gasteiger partial charge >= 0.3 is 0 Å². The van der Waals surface area contributed by atoms with Crippen LogP contribution in [0.25, 0.3) is 0 Å². The Labute approximate surface area is 112 Å². The molecule has 2 nitrogen and oxygen atoms in total. The van der Waals surface area contributed by atoms with Crippen molar-refractivity contribution >= 4 is 11.8 Å². The molecule has 0 aliphatic carbocycles. The lowest BCUT2D eigenvalue weighted by Gasteiger charge is -2.17. The standard InChI is InChI=1S/C14H20FNOS/c1-9(16)8-11-12(15)4-3-5-14(11)18-13-6-7-17-10(13)2/h3-5,9-10,13H,6-8,16H2,1-2H3. The molecule has 2 rings (SSSR count). The summed E-state index contributed by atoms with van der Waals surface area (Å²) in [6.07, 6.45) is 1.85. The number of ether oxygens (including phenoxy) is 1. The van der Waals surface area contributed by atoms with Crippen LogP contribution in [0.1, 0.15) is 25.8 Å². The summed E-state index contributed by atoms with van der Waals surface area (Å²) in [5.74, 6) is -0.149. The van der Waals surface area contributed by atoms with Crippen LogP contribution in [0.3, 0.4) is 0 Å². The summed E-state index contributed by atoms with van der Waals surface area (Å²) in [7, 11) is 0. The predicted molar refractivity (Wildman–Crippen MR) is 73.4 cm³/mol. The van der Waals surface area contributed by atoms with Gasteiger partial charge in [0.1, 0.15) is 5.82 Å². The minimum Gasteiger partial charge on any atom is -0.377 e. The molecule has 2 N–H and O–H groups in total. The van der Waals surface area contributed by atoms with E-state index in [2.05, 4.69) is 6.92 Å². The van der Waals surface area contributed by atoms with Gasteiger partial charge in [-0.25, -0.2) is 4.39 Å². The van der Waals surface area contributed by atoms with Gasteiger partial charge in [0.2, 0.25) is 0 Å². The Morgan fingerprint density at radius 3 is 2.94 bits per heavy atom. The van der Waals surface area contributed by atoms with Gasteiger partial charge in [0.05, 0.1) is 6.10 Å². The van der Waals surface area contributed by atoms with Gasteiger partial charge in [-0.1, -0.05) is 6.07 Å². The van der Waals surface area contributed by atoms with E-state index in [0.717, 1.165) is 23.5 Å². The van der Waals surface area contributed by atoms with E-state index in [-0.39, 0.29) is 18.0 Å². The molecule has 1 heterocycles. The molecule has 3 unspecified atom stereocenters. The monoisotopic (exact) mass is 269 g/mol. The van der Waals surface area contributed by atoms with Crippen molar-refractivity contribution in [3.05, 3.63) is 29.6 Å². The summed E-state index contributed by atoms with van der Waals surface area (Å²) < 4.78 is 19.4. The quantitative estimate of drug-likeness (QED) is 0.912. The molecule has 0 amide bonds. The highest BCUT2D eigenvalue weighted by Gasteiger charge is 2.26. The van der Waals surface area contributed by atoms with Gasteiger partial charge in [0.15, 0.2) is 0 Å². The van der Waals surface area contributed by atoms with E-state index >= 15 is 0 Å². The van der Waals surface area contributed by atoms with Crippen molar-refractivity contribution in [2.45, 2.75) is 49.0 Å². The zero-order valence-corrected chi connectivity index (χ0v) is 11.7. The van der Waals surface area contributed by atoms with Crippen molar-refractivity contribution < 1.29 is 9.13 Å². The summed E-state index contributed by atoms with van der Waals surface area (Å²) in [6.45, 7) is 4.79. The Kier molecular flexibility index (Phi) is 4.65. The molecule has 1 aliphatic rings. The lowest BCUT2D eigenvalue weighted by atomic mass is 10.1. The summed E-state index contributed by atoms with van der Waals surface area (Å²) in [4.78, 5) is 1.01. The second-order valence-corrected chi connectivity index (χ2v) is 6.20. The van der Waals surface area contributed by atoms with E-state index in [0.29, 0.717) is 11.7 Å². The van der Waals surface area contributed by atoms with Crippen molar-refractivity contribution in [3.63, 3.8) is 0 Å². The maximum atomic E-state index is 13.9. The van der Waals surface area contributed by atoms with Crippen molar-refractivity contribution in [2.24, 2.45) is 5.73 Å². The topological polar surface area (TPSA) is 35.2 Å². The van der Waals surface area contributed by atoms with Crippen molar-refractivity contribution in [1.29, 1.82) is 0 Å². The third-order valence-corrected chi connectivity index (χ3v) is 4.75. The third kappa shape index (κ3) is 3.25. The van der Waals surface area contributed by atoms with Crippen LogP contribution in [0, 0.1) is 5.82 Å². The van der Waals surface area contributed by atoms with Crippen LogP contribution in [-0.4, -0.2) is 24.0 Å². The Balaban J connectivity index is 2.18. The van der Waals surface area contributed by atoms with Crippen LogP contribution in [0.4, 0.5) is 4.39 Å². The fourth-order valence-corrected chi connectivity index (χ4v) is 3.49. The summed E-state index contributed by atoms with van der Waals surface area (Å²) in [5.41, 5.74) is 6.54. The molecule has 4 heteroatoms. The van der Waals surface area contributed by atoms with Gasteiger partial charge < -0.3 is 10.5 Å². The molecule has 1 fully saturated rings. The average Bonchev–Trinajstić information content (AvgIpc) is 2.69. The first-order chi connectivity index (χ1) is 8.58. The number of hydrogen-bond donors (Lipinski definition) is 1. The lowest BCUT2D eigenvalue weighted by Crippen LogP contribution is -2.20. The molecule has 100 valence electrons. The van der Waals surface area contributed by atoms with Crippen LogP contribution < -0.4 is 5.73 Å². The van der Waals surface area contributed by atoms with Gasteiger partial charge in [0.25, 0.3) is 0 Å². The van der Waals surface area contributed by atoms with Gasteiger partial charge in [-0.3, -0.25) is 0 Å². The number of halogens is 1. The van der Waals surface area contributed by atoms with Gasteiger partial charge in [-0.15, -0.1) is 11.8 Å². The first kappa shape index (κ1) is 13.8. The van der Waals surface area contributed by atoms with E-state index in [1.54, 1.807) is 17.8 Å². The maximum absolute atomic E-state index is 13.9. The maximum Gasteiger partial charge on any atom is 0.127 e. The molecule has 0 radical (unpaired) electrons. The lowest BCUT2D eigenvalue weighted by molar-refractivity contribution is 0.127. The minimum absolute atomic E-state index is 0.0292. The second-order valence-electron chi connectivity index (χ2n) is 4.92. The van der Waals surface area contributed by atoms with Gasteiger partial charge in [-0.2, -0.15) is 0 Å². The molecular formula is C14H20FNOS. The molecule has 1 aromatic carbocycles. The van der Waals surface area contributed by atoms with Crippen molar-refractivity contribution in [1.82, 2.24) is 0 Å². The molecule has 1 aliphatic heterocycles. The number of benzene rings is 1. The van der Waals surface area contributed by atoms with E-state index in [4.69, 9.17) is 10.5 Å². The predicted octanol–water partition coefficient (Wildman–Crippen LogP) is 2.98. The highest BCUT2D eigenvalue weighted by molar-refractivity contribution is 8.00. The minimum atomic E-state index is -0.149. The number of thioether (sulfide) groups is 1. The van der Waals surface area contributed by atoms with Crippen LogP contribution in [0.15, 0.2) is 23.1 Å². The summed E-state index contributed by atoms with van der Waals surface area (Å²) in [6, 6.07) is 5.23. The Morgan fingerprint density at radius 1 is 1.56 bits per heavy atom. The van der Waals surface area contributed by atoms with Crippen LogP contribution in [0.5, 0.6) is 0 Å². The van der Waals surface area contributed by atoms with Crippen molar-refractivity contribution in [3.8, 4) is 0 Å². The smallest absolute Gasteiger partial charge is 0.127 e. The highest BCUT2D eigenvalue weighted by Crippen LogP contribution is 2.35. The fourth-order valence-electron chi connectivity index (χ4n) is 2.20. The van der Waals surface area contributed by atoms with E-state index in [9.17, 15) is 4.39 Å². The van der Waals surface area contributed by atoms with Crippen molar-refractivity contribution in [2.75, 3.05) is 6.61 Å². The van der Waals surface area contributed by atoms with Crippen LogP contribution in [0.2, 0.25) is 0 Å². The number of rotatable bonds is 4. The fraction of sp³-hybridized carbons (Fsp3) is 0.571. The molecule has 1 aromatic rings. The summed E-state index contributed by atoms with van der Waals surface area (Å²) in [5, 5.41) is 0.415. The number of hydrogen-bond acceptors (Lipinski definition) is 3. The first-order valence-electron chi connectivity index (χ1n) is 6.39. The van der Waals surface area contributed by atoms with Gasteiger partial charge in [-0.05, 0) is 38.8 Å². The Bertz CT molecular complexity index is 411. The number of nitrogens with two attached hydrogens (primary N) is 1. The van der Waals surface area contributed by atoms with Gasteiger partial charge in [0, 0.05) is 28.4 Å². The van der Waals surface area contributed by atoms with E-state index in [1.807, 2.05) is 13.0 Å². The molecule has 0 aromatic heterocycles. The molecule has 3 atom stereocenters. The molecule has 0 saturated carbocycles. The van der Waals surface area contributed by atoms with E-state index in [1.165, 1.54) is 6.07 Å². The van der Waals surface area contributed by atoms with E-state index < -0.39 is 0 Å². The molecule has 18 heavy (non-hydrogen) atoms. The largest absolute Gasteiger partial charge is 0.377 e. The highest BCUT2D eigenvalue weighted by atomic mass is 32.2. The molecular weight excluding hydrogens is 249 g/mol. The Hall–Kier alpha value is -0.580. The second kappa shape index (κ2) is 6.04. The molecule has 0 bridgehead atoms. The first-order valence-corrected chi connectivity index (χ1v) is 7.27. The zero-order chi connectivity index (χ0) is 13.1. The molecule has 0 spiro atoms. The zero-order valence-electron chi connectivity index (χ0n) is 10.9. The van der Waals surface area contributed by atoms with Crippen LogP contribution >= 0.6 is 11.8 Å². The molecule has 1 saturated heterocycles. The Morgan fingerprint density at radius 2 is 2.33 bits per heavy atom. The normalized spacial score (nSPS) is 25.3. The summed E-state index contributed by atoms with van der Waals surface area (Å²) >= 11 is 1.72.